The van der Waals surface area contributed by atoms with Gasteiger partial charge in [-0.15, -0.1) is 6.07 Å². The fraction of sp³-hybridized carbons (Fsp3) is 0.200. The zero-order valence-electron chi connectivity index (χ0n) is 7.70. The van der Waals surface area contributed by atoms with E-state index in [1.54, 1.807) is 0 Å². The predicted molar refractivity (Wildman–Crippen MR) is 49.0 cm³/mol. The molecule has 65 valence electrons. The minimum absolute atomic E-state index is 0. The van der Waals surface area contributed by atoms with E-state index in [-0.39, 0.29) is 32.7 Å². The summed E-state index contributed by atoms with van der Waals surface area (Å²) in [7, 11) is 0. The van der Waals surface area contributed by atoms with Gasteiger partial charge in [-0.25, -0.2) is 6.92 Å². The summed E-state index contributed by atoms with van der Waals surface area (Å²) in [6.07, 6.45) is 5.02. The summed E-state index contributed by atoms with van der Waals surface area (Å²) in [6, 6.07) is 4.03. The summed E-state index contributed by atoms with van der Waals surface area (Å²) >= 11 is 0. The van der Waals surface area contributed by atoms with Crippen molar-refractivity contribution in [3.05, 3.63) is 42.8 Å². The molecule has 0 amide bonds. The summed E-state index contributed by atoms with van der Waals surface area (Å²) in [5, 5.41) is 0. The van der Waals surface area contributed by atoms with Crippen molar-refractivity contribution >= 4 is 5.52 Å². The molecular weight excluding hydrogens is 237 g/mol. The van der Waals surface area contributed by atoms with Crippen molar-refractivity contribution in [2.75, 3.05) is 0 Å². The van der Waals surface area contributed by atoms with Crippen molar-refractivity contribution in [3.8, 4) is 0 Å². The van der Waals surface area contributed by atoms with Crippen molar-refractivity contribution in [2.45, 2.75) is 13.3 Å². The van der Waals surface area contributed by atoms with Crippen LogP contribution in [0.1, 0.15) is 18.3 Å². The van der Waals surface area contributed by atoms with Crippen LogP contribution in [0.4, 0.5) is 0 Å². The Labute approximate surface area is 103 Å². The molecule has 0 unspecified atom stereocenters. The van der Waals surface area contributed by atoms with E-state index >= 15 is 0 Å². The molecule has 0 atom stereocenters. The molecule has 0 N–H and O–H groups in total. The van der Waals surface area contributed by atoms with Gasteiger partial charge in [-0.3, -0.25) is 4.98 Å². The maximum Gasteiger partial charge on any atom is 0.0522 e. The van der Waals surface area contributed by atoms with Crippen molar-refractivity contribution < 1.29 is 32.7 Å². The maximum atomic E-state index is 4.36. The smallest absolute Gasteiger partial charge is 0.0522 e. The third-order valence-corrected chi connectivity index (χ3v) is 2.00. The van der Waals surface area contributed by atoms with Crippen molar-refractivity contribution in [1.82, 2.24) is 9.38 Å². The van der Waals surface area contributed by atoms with E-state index in [1.807, 2.05) is 24.5 Å². The topological polar surface area (TPSA) is 17.3 Å². The first-order valence-corrected chi connectivity index (χ1v) is 4.10. The Balaban J connectivity index is 0.000000845. The predicted octanol–water partition coefficient (Wildman–Crippen LogP) is 2.08. The Morgan fingerprint density at radius 2 is 2.31 bits per heavy atom. The molecule has 0 saturated heterocycles. The van der Waals surface area contributed by atoms with E-state index < -0.39 is 0 Å². The van der Waals surface area contributed by atoms with Gasteiger partial charge >= 0.3 is 0 Å². The minimum Gasteiger partial charge on any atom is -0.400 e. The standard InChI is InChI=1S/C10H11N2.Y/c1-3-9-7-12-6-4-5-10(12)8(2)11-9;/h4-7H,2-3H2,1H3;/q-1;. The van der Waals surface area contributed by atoms with E-state index in [0.29, 0.717) is 0 Å². The quantitative estimate of drug-likeness (QED) is 0.706. The normalized spacial score (nSPS) is 9.92. The SMILES string of the molecule is [CH2-]c1nc(CC)cn2cccc12.[Y]. The van der Waals surface area contributed by atoms with Crippen LogP contribution in [0.15, 0.2) is 24.5 Å². The maximum absolute atomic E-state index is 4.36. The molecule has 0 saturated carbocycles. The Morgan fingerprint density at radius 1 is 1.54 bits per heavy atom. The van der Waals surface area contributed by atoms with E-state index in [4.69, 9.17) is 0 Å². The van der Waals surface area contributed by atoms with E-state index in [0.717, 1.165) is 23.3 Å². The minimum atomic E-state index is 0. The summed E-state index contributed by atoms with van der Waals surface area (Å²) in [5.41, 5.74) is 3.04. The Hall–Kier alpha value is -0.336. The molecule has 0 bridgehead atoms. The second kappa shape index (κ2) is 4.25. The molecule has 0 fully saturated rings. The zero-order chi connectivity index (χ0) is 8.55. The second-order valence-corrected chi connectivity index (χ2v) is 2.83. The van der Waals surface area contributed by atoms with Crippen LogP contribution in [-0.2, 0) is 39.1 Å². The van der Waals surface area contributed by atoms with Gasteiger partial charge in [-0.2, -0.15) is 0 Å². The van der Waals surface area contributed by atoms with Gasteiger partial charge in [0.25, 0.3) is 0 Å². The van der Waals surface area contributed by atoms with Crippen LogP contribution in [-0.4, -0.2) is 9.38 Å². The van der Waals surface area contributed by atoms with Crippen LogP contribution in [0.25, 0.3) is 5.52 Å². The van der Waals surface area contributed by atoms with Gasteiger partial charge in [-0.05, 0) is 12.6 Å². The van der Waals surface area contributed by atoms with Gasteiger partial charge < -0.3 is 4.40 Å². The molecule has 3 heteroatoms. The third kappa shape index (κ3) is 1.95. The van der Waals surface area contributed by atoms with Crippen LogP contribution in [0, 0.1) is 6.92 Å². The third-order valence-electron chi connectivity index (χ3n) is 2.00. The van der Waals surface area contributed by atoms with Gasteiger partial charge in [-0.1, -0.05) is 24.2 Å². The largest absolute Gasteiger partial charge is 0.400 e. The van der Waals surface area contributed by atoms with Gasteiger partial charge in [0, 0.05) is 38.9 Å². The number of rotatable bonds is 1. The molecule has 2 aromatic heterocycles. The average Bonchev–Trinajstić information content (AvgIpc) is 2.52. The molecule has 0 aliphatic heterocycles. The van der Waals surface area contributed by atoms with Gasteiger partial charge in [0.05, 0.1) is 5.69 Å². The first-order valence-electron chi connectivity index (χ1n) is 4.10. The van der Waals surface area contributed by atoms with Gasteiger partial charge in [0.15, 0.2) is 0 Å². The first-order chi connectivity index (χ1) is 5.81. The Kier molecular flexibility index (Phi) is 3.51. The molecule has 2 heterocycles. The number of hydrogen-bond donors (Lipinski definition) is 0. The summed E-state index contributed by atoms with van der Waals surface area (Å²) in [6.45, 7) is 5.99. The van der Waals surface area contributed by atoms with E-state index in [1.165, 1.54) is 0 Å². The molecular formula is C10H11N2Y-. The number of aromatic nitrogens is 2. The molecule has 0 aliphatic rings. The molecule has 2 aromatic rings. The van der Waals surface area contributed by atoms with Crippen LogP contribution in [0.3, 0.4) is 0 Å². The zero-order valence-corrected chi connectivity index (χ0v) is 10.5. The monoisotopic (exact) mass is 248 g/mol. The van der Waals surface area contributed by atoms with Gasteiger partial charge in [0.2, 0.25) is 0 Å². The van der Waals surface area contributed by atoms with E-state index in [9.17, 15) is 0 Å². The average molecular weight is 248 g/mol. The number of aryl methyl sites for hydroxylation is 1. The van der Waals surface area contributed by atoms with Gasteiger partial charge in [0.1, 0.15) is 0 Å². The fourth-order valence-corrected chi connectivity index (χ4v) is 1.34. The molecule has 0 aromatic carbocycles. The second-order valence-electron chi connectivity index (χ2n) is 2.83. The van der Waals surface area contributed by atoms with Crippen LogP contribution in [0.5, 0.6) is 0 Å². The van der Waals surface area contributed by atoms with Crippen LogP contribution < -0.4 is 0 Å². The van der Waals surface area contributed by atoms with E-state index in [2.05, 4.69) is 23.2 Å². The summed E-state index contributed by atoms with van der Waals surface area (Å²) < 4.78 is 2.06. The number of hydrogen-bond acceptors (Lipinski definition) is 1. The molecule has 2 nitrogen and oxygen atoms in total. The molecule has 2 rings (SSSR count). The van der Waals surface area contributed by atoms with Crippen molar-refractivity contribution in [2.24, 2.45) is 0 Å². The molecule has 13 heavy (non-hydrogen) atoms. The molecule has 1 radical (unpaired) electrons. The summed E-state index contributed by atoms with van der Waals surface area (Å²) in [5.74, 6) is 0. The Morgan fingerprint density at radius 3 is 3.00 bits per heavy atom. The first kappa shape index (κ1) is 10.7. The number of nitrogens with zero attached hydrogens (tertiary/aromatic N) is 2. The van der Waals surface area contributed by atoms with Crippen molar-refractivity contribution in [3.63, 3.8) is 0 Å². The van der Waals surface area contributed by atoms with Crippen LogP contribution >= 0.6 is 0 Å². The fourth-order valence-electron chi connectivity index (χ4n) is 1.34. The molecule has 0 spiro atoms. The summed E-state index contributed by atoms with van der Waals surface area (Å²) in [4.78, 5) is 4.36. The Bertz CT molecular complexity index is 406. The molecule has 0 aliphatic carbocycles. The van der Waals surface area contributed by atoms with Crippen LogP contribution in [0.2, 0.25) is 0 Å². The number of fused-ring (bicyclic) bond motifs is 1. The van der Waals surface area contributed by atoms with Crippen molar-refractivity contribution in [1.29, 1.82) is 0 Å².